The summed E-state index contributed by atoms with van der Waals surface area (Å²) in [4.78, 5) is 13.2. The van der Waals surface area contributed by atoms with E-state index in [2.05, 4.69) is 0 Å². The third-order valence-electron chi connectivity index (χ3n) is 2.86. The largest absolute Gasteiger partial charge is 0.386 e. The molecule has 1 saturated heterocycles. The molecule has 5 heteroatoms. The first-order chi connectivity index (χ1) is 8.13. The van der Waals surface area contributed by atoms with E-state index in [0.717, 1.165) is 6.42 Å². The molecule has 1 aromatic carbocycles. The van der Waals surface area contributed by atoms with Gasteiger partial charge in [-0.15, -0.1) is 0 Å². The summed E-state index contributed by atoms with van der Waals surface area (Å²) in [5, 5.41) is 10.1. The van der Waals surface area contributed by atoms with Crippen LogP contribution in [0.25, 0.3) is 0 Å². The van der Waals surface area contributed by atoms with Gasteiger partial charge in [0.2, 0.25) is 5.91 Å². The Bertz CT molecular complexity index is 439. The van der Waals surface area contributed by atoms with Crippen molar-refractivity contribution < 1.29 is 14.3 Å². The van der Waals surface area contributed by atoms with Crippen molar-refractivity contribution in [3.8, 4) is 0 Å². The molecule has 1 aliphatic rings. The molecule has 1 aromatic rings. The lowest BCUT2D eigenvalue weighted by Crippen LogP contribution is -2.25. The Labute approximate surface area is 104 Å². The number of nitrogens with zero attached hydrogens (tertiary/aromatic N) is 1. The van der Waals surface area contributed by atoms with Crippen LogP contribution in [0.15, 0.2) is 18.2 Å². The molecule has 0 saturated carbocycles. The maximum absolute atomic E-state index is 12.6. The molecule has 2 rings (SSSR count). The number of carbonyl (C=O) groups is 1. The van der Waals surface area contributed by atoms with Crippen LogP contribution in [0.3, 0.4) is 0 Å². The second kappa shape index (κ2) is 5.02. The number of alkyl halides is 1. The molecule has 0 spiro atoms. The minimum Gasteiger partial charge on any atom is -0.386 e. The summed E-state index contributed by atoms with van der Waals surface area (Å²) >= 11 is 5.88. The molecule has 1 aliphatic heterocycles. The first-order valence-electron chi connectivity index (χ1n) is 5.47. The fourth-order valence-corrected chi connectivity index (χ4v) is 2.18. The van der Waals surface area contributed by atoms with Crippen molar-refractivity contribution in [2.75, 3.05) is 18.1 Å². The number of anilines is 1. The highest BCUT2D eigenvalue weighted by molar-refractivity contribution is 6.31. The highest BCUT2D eigenvalue weighted by Gasteiger charge is 2.26. The van der Waals surface area contributed by atoms with Crippen molar-refractivity contribution in [1.82, 2.24) is 0 Å². The van der Waals surface area contributed by atoms with Crippen molar-refractivity contribution in [3.63, 3.8) is 0 Å². The van der Waals surface area contributed by atoms with Crippen molar-refractivity contribution in [2.45, 2.75) is 18.9 Å². The minimum atomic E-state index is -1.21. The van der Waals surface area contributed by atoms with E-state index in [1.165, 1.54) is 0 Å². The monoisotopic (exact) mass is 257 g/mol. The molecular weight excluding hydrogens is 245 g/mol. The predicted molar refractivity (Wildman–Crippen MR) is 64.0 cm³/mol. The molecule has 1 heterocycles. The summed E-state index contributed by atoms with van der Waals surface area (Å²) in [5.41, 5.74) is 0.928. The summed E-state index contributed by atoms with van der Waals surface area (Å²) in [7, 11) is 0. The van der Waals surface area contributed by atoms with Crippen molar-refractivity contribution in [1.29, 1.82) is 0 Å². The van der Waals surface area contributed by atoms with E-state index < -0.39 is 12.8 Å². The maximum atomic E-state index is 12.6. The molecule has 1 atom stereocenters. The number of rotatable bonds is 3. The fourth-order valence-electron chi connectivity index (χ4n) is 2.02. The molecule has 92 valence electrons. The Kier molecular flexibility index (Phi) is 3.64. The third kappa shape index (κ3) is 2.42. The highest BCUT2D eigenvalue weighted by Crippen LogP contribution is 2.32. The zero-order valence-electron chi connectivity index (χ0n) is 9.20. The topological polar surface area (TPSA) is 40.5 Å². The van der Waals surface area contributed by atoms with Crippen LogP contribution in [0, 0.1) is 0 Å². The van der Waals surface area contributed by atoms with Gasteiger partial charge in [0.05, 0.1) is 5.69 Å². The van der Waals surface area contributed by atoms with Gasteiger partial charge >= 0.3 is 0 Å². The molecular formula is C12H13ClFNO2. The average molecular weight is 258 g/mol. The molecule has 0 aromatic heterocycles. The first-order valence-corrected chi connectivity index (χ1v) is 5.85. The van der Waals surface area contributed by atoms with Gasteiger partial charge in [-0.2, -0.15) is 0 Å². The van der Waals surface area contributed by atoms with Gasteiger partial charge in [-0.3, -0.25) is 4.79 Å². The van der Waals surface area contributed by atoms with Gasteiger partial charge in [0.15, 0.2) is 0 Å². The zero-order valence-corrected chi connectivity index (χ0v) is 9.95. The van der Waals surface area contributed by atoms with Gasteiger partial charge in [0.25, 0.3) is 0 Å². The Hall–Kier alpha value is -1.13. The molecule has 1 amide bonds. The average Bonchev–Trinajstić information content (AvgIpc) is 2.74. The predicted octanol–water partition coefficient (Wildman–Crippen LogP) is 2.47. The van der Waals surface area contributed by atoms with E-state index in [-0.39, 0.29) is 5.91 Å². The van der Waals surface area contributed by atoms with Crippen LogP contribution in [-0.2, 0) is 4.79 Å². The van der Waals surface area contributed by atoms with Crippen molar-refractivity contribution in [3.05, 3.63) is 28.8 Å². The van der Waals surface area contributed by atoms with E-state index in [1.807, 2.05) is 0 Å². The van der Waals surface area contributed by atoms with Crippen molar-refractivity contribution in [2.24, 2.45) is 0 Å². The molecule has 1 N–H and O–H groups in total. The van der Waals surface area contributed by atoms with Crippen molar-refractivity contribution >= 4 is 23.2 Å². The van der Waals surface area contributed by atoms with Crippen LogP contribution < -0.4 is 4.90 Å². The number of aliphatic hydroxyl groups excluding tert-OH is 1. The smallest absolute Gasteiger partial charge is 0.227 e. The van der Waals surface area contributed by atoms with Gasteiger partial charge in [-0.1, -0.05) is 17.7 Å². The number of benzene rings is 1. The van der Waals surface area contributed by atoms with E-state index in [1.54, 1.807) is 23.1 Å². The molecule has 0 radical (unpaired) electrons. The maximum Gasteiger partial charge on any atom is 0.227 e. The SMILES string of the molecule is O=C1CCCN1c1cc(Cl)ccc1C(O)CF. The van der Waals surface area contributed by atoms with Gasteiger partial charge < -0.3 is 10.0 Å². The molecule has 0 bridgehead atoms. The summed E-state index contributed by atoms with van der Waals surface area (Å²) in [6.45, 7) is -0.290. The summed E-state index contributed by atoms with van der Waals surface area (Å²) in [6, 6.07) is 4.74. The Morgan fingerprint density at radius 3 is 2.88 bits per heavy atom. The molecule has 1 unspecified atom stereocenters. The molecule has 17 heavy (non-hydrogen) atoms. The zero-order chi connectivity index (χ0) is 12.4. The highest BCUT2D eigenvalue weighted by atomic mass is 35.5. The number of amides is 1. The number of aliphatic hydroxyl groups is 1. The van der Waals surface area contributed by atoms with Crippen LogP contribution in [0.5, 0.6) is 0 Å². The van der Waals surface area contributed by atoms with Gasteiger partial charge in [0, 0.05) is 23.6 Å². The second-order valence-corrected chi connectivity index (χ2v) is 4.46. The number of hydrogen-bond donors (Lipinski definition) is 1. The lowest BCUT2D eigenvalue weighted by Gasteiger charge is -2.21. The quantitative estimate of drug-likeness (QED) is 0.904. The summed E-state index contributed by atoms with van der Waals surface area (Å²) in [5.74, 6) is -0.0143. The van der Waals surface area contributed by atoms with E-state index in [9.17, 15) is 14.3 Å². The Morgan fingerprint density at radius 1 is 1.53 bits per heavy atom. The van der Waals surface area contributed by atoms with Gasteiger partial charge in [-0.05, 0) is 18.6 Å². The van der Waals surface area contributed by atoms with Gasteiger partial charge in [-0.25, -0.2) is 4.39 Å². The normalized spacial score (nSPS) is 17.6. The fraction of sp³-hybridized carbons (Fsp3) is 0.417. The molecule has 3 nitrogen and oxygen atoms in total. The molecule has 1 fully saturated rings. The minimum absolute atomic E-state index is 0.0143. The number of hydrogen-bond acceptors (Lipinski definition) is 2. The summed E-state index contributed by atoms with van der Waals surface area (Å²) in [6.07, 6.45) is 0.0458. The van der Waals surface area contributed by atoms with Crippen LogP contribution in [0.2, 0.25) is 5.02 Å². The van der Waals surface area contributed by atoms with Crippen LogP contribution in [0.1, 0.15) is 24.5 Å². The van der Waals surface area contributed by atoms with E-state index >= 15 is 0 Å². The second-order valence-electron chi connectivity index (χ2n) is 4.02. The van der Waals surface area contributed by atoms with Gasteiger partial charge in [0.1, 0.15) is 12.8 Å². The van der Waals surface area contributed by atoms with E-state index in [0.29, 0.717) is 29.2 Å². The third-order valence-corrected chi connectivity index (χ3v) is 3.10. The van der Waals surface area contributed by atoms with Crippen LogP contribution in [0.4, 0.5) is 10.1 Å². The van der Waals surface area contributed by atoms with E-state index in [4.69, 9.17) is 11.6 Å². The Morgan fingerprint density at radius 2 is 2.29 bits per heavy atom. The number of carbonyl (C=O) groups excluding carboxylic acids is 1. The summed E-state index contributed by atoms with van der Waals surface area (Å²) < 4.78 is 12.6. The Balaban J connectivity index is 2.42. The molecule has 0 aliphatic carbocycles. The lowest BCUT2D eigenvalue weighted by atomic mass is 10.1. The van der Waals surface area contributed by atoms with Crippen LogP contribution in [-0.4, -0.2) is 24.2 Å². The lowest BCUT2D eigenvalue weighted by molar-refractivity contribution is -0.117. The standard InChI is InChI=1S/C12H13ClFNO2/c13-8-3-4-9(11(16)7-14)10(6-8)15-5-1-2-12(15)17/h3-4,6,11,16H,1-2,5,7H2. The number of halogens is 2. The first kappa shape index (κ1) is 12.3. The van der Waals surface area contributed by atoms with Crippen LogP contribution >= 0.6 is 11.6 Å².